The molecule has 0 radical (unpaired) electrons. The third-order valence-corrected chi connectivity index (χ3v) is 11.6. The molecule has 1 heterocycles. The Bertz CT molecular complexity index is 2150. The van der Waals surface area contributed by atoms with Crippen molar-refractivity contribution < 1.29 is 48.3 Å². The second kappa shape index (κ2) is 29.5. The van der Waals surface area contributed by atoms with Crippen LogP contribution in [0.5, 0.6) is 5.75 Å². The molecule has 0 saturated carbocycles. The minimum absolute atomic E-state index is 0.00783. The summed E-state index contributed by atoms with van der Waals surface area (Å²) < 4.78 is 0. The van der Waals surface area contributed by atoms with Gasteiger partial charge in [-0.15, -0.1) is 0 Å². The summed E-state index contributed by atoms with van der Waals surface area (Å²) in [5, 5.41) is 28.2. The molecular weight excluding hydrogens is 945 g/mol. The number of carbonyl (C=O) groups is 9. The van der Waals surface area contributed by atoms with E-state index in [1.54, 1.807) is 42.5 Å². The average molecular weight is 1010 g/mol. The Morgan fingerprint density at radius 2 is 1.30 bits per heavy atom. The lowest BCUT2D eigenvalue weighted by atomic mass is 10.0. The summed E-state index contributed by atoms with van der Waals surface area (Å²) >= 11 is 8.44. The predicted molar refractivity (Wildman–Crippen MR) is 268 cm³/mol. The number of nitrogens with zero attached hydrogens (tertiary/aromatic N) is 2. The van der Waals surface area contributed by atoms with E-state index in [4.69, 9.17) is 17.2 Å². The van der Waals surface area contributed by atoms with Gasteiger partial charge in [-0.25, -0.2) is 0 Å². The number of amides is 9. The number of rotatable bonds is 28. The molecule has 14 N–H and O–H groups in total. The van der Waals surface area contributed by atoms with Gasteiger partial charge in [0.15, 0.2) is 5.96 Å². The zero-order valence-corrected chi connectivity index (χ0v) is 41.4. The number of phenolic OH excluding ortho intramolecular Hbond substituents is 1. The van der Waals surface area contributed by atoms with Crippen LogP contribution in [0.3, 0.4) is 0 Å². The second-order valence-corrected chi connectivity index (χ2v) is 18.1. The number of primary amides is 1. The van der Waals surface area contributed by atoms with Gasteiger partial charge < -0.3 is 64.4 Å². The van der Waals surface area contributed by atoms with Crippen LogP contribution in [-0.4, -0.2) is 143 Å². The van der Waals surface area contributed by atoms with Crippen molar-refractivity contribution in [2.24, 2.45) is 28.1 Å². The predicted octanol–water partition coefficient (Wildman–Crippen LogP) is -1.95. The first kappa shape index (κ1) is 57.8. The van der Waals surface area contributed by atoms with Crippen molar-refractivity contribution in [3.05, 3.63) is 65.7 Å². The van der Waals surface area contributed by atoms with Crippen molar-refractivity contribution in [2.45, 2.75) is 114 Å². The van der Waals surface area contributed by atoms with E-state index < -0.39 is 102 Å². The molecule has 0 aliphatic carbocycles. The monoisotopic (exact) mass is 1010 g/mol. The average Bonchev–Trinajstić information content (AvgIpc) is 3.81. The molecule has 1 aliphatic rings. The van der Waals surface area contributed by atoms with Crippen LogP contribution in [0.25, 0.3) is 0 Å². The lowest BCUT2D eigenvalue weighted by molar-refractivity contribution is -0.142. The van der Waals surface area contributed by atoms with E-state index in [2.05, 4.69) is 67.5 Å². The van der Waals surface area contributed by atoms with Gasteiger partial charge in [-0.2, -0.15) is 25.3 Å². The van der Waals surface area contributed by atoms with Crippen LogP contribution in [0, 0.1) is 5.92 Å². The maximum atomic E-state index is 14.0. The fraction of sp³-hybridized carbons (Fsp3) is 0.522. The van der Waals surface area contributed by atoms with E-state index in [0.29, 0.717) is 17.5 Å². The van der Waals surface area contributed by atoms with Gasteiger partial charge in [0.1, 0.15) is 48.0 Å². The minimum atomic E-state index is -1.25. The standard InChI is InChI=1S/C46H68N12O10S2/c1-26(2)21-32(42(65)57-35(25-70)45(68)58-19-8-12-36(58)44(67)54-31(11-7-18-50-46(48)49)40(63)51-24-37(47)60)55-39(62)27(3)52-41(64)34(22-28-9-5-4-6-10-28)56-43(66)33(53-38(61)17-20-69)23-29-13-15-30(59)16-14-29/h4-6,9-10,13-16,26-27,31-36,59,69-70H,7-8,11-12,17-25H2,1-3H3,(H2,47,60)(H,51,63)(H,52,64)(H,53,61)(H,54,67)(H,55,62)(H,56,66)(H,57,65)(H4,48,49,50)/t27-,31+,32-,33-,34-,35-,36-/m0/s1. The van der Waals surface area contributed by atoms with E-state index in [-0.39, 0.29) is 87.2 Å². The minimum Gasteiger partial charge on any atom is -0.508 e. The van der Waals surface area contributed by atoms with E-state index in [9.17, 15) is 48.3 Å². The first-order valence-electron chi connectivity index (χ1n) is 23.0. The lowest BCUT2D eigenvalue weighted by Gasteiger charge is -2.30. The molecule has 1 saturated heterocycles. The Labute approximate surface area is 418 Å². The summed E-state index contributed by atoms with van der Waals surface area (Å²) in [7, 11) is 0. The SMILES string of the molecule is CC(C)C[C@H](NC(=O)[C@H](C)NC(=O)[C@H](Cc1ccccc1)NC(=O)[C@H](Cc1ccc(O)cc1)NC(=O)CCS)C(=O)N[C@@H](CS)C(=O)N1CCC[C@H]1C(=O)N[C@H](CCCN=C(N)N)C(=O)NCC(N)=O. The highest BCUT2D eigenvalue weighted by atomic mass is 32.1. The molecule has 70 heavy (non-hydrogen) atoms. The highest BCUT2D eigenvalue weighted by molar-refractivity contribution is 7.80. The number of nitrogens with two attached hydrogens (primary N) is 3. The van der Waals surface area contributed by atoms with E-state index in [0.717, 1.165) is 0 Å². The zero-order chi connectivity index (χ0) is 51.9. The van der Waals surface area contributed by atoms with Crippen molar-refractivity contribution in [1.29, 1.82) is 0 Å². The molecule has 0 spiro atoms. The molecule has 24 heteroatoms. The van der Waals surface area contributed by atoms with Gasteiger partial charge in [-0.1, -0.05) is 56.3 Å². The molecule has 0 unspecified atom stereocenters. The Morgan fingerprint density at radius 3 is 1.90 bits per heavy atom. The summed E-state index contributed by atoms with van der Waals surface area (Å²) in [5.41, 5.74) is 17.3. The lowest BCUT2D eigenvalue weighted by Crippen LogP contribution is -2.60. The van der Waals surface area contributed by atoms with Gasteiger partial charge >= 0.3 is 0 Å². The molecular formula is C46H68N12O10S2. The first-order valence-corrected chi connectivity index (χ1v) is 24.3. The van der Waals surface area contributed by atoms with Crippen molar-refractivity contribution in [3.8, 4) is 5.75 Å². The van der Waals surface area contributed by atoms with Crippen molar-refractivity contribution in [2.75, 3.05) is 31.1 Å². The van der Waals surface area contributed by atoms with Crippen LogP contribution in [0.2, 0.25) is 0 Å². The van der Waals surface area contributed by atoms with Crippen LogP contribution in [0.4, 0.5) is 0 Å². The highest BCUT2D eigenvalue weighted by Crippen LogP contribution is 2.20. The number of aliphatic imine (C=N–C) groups is 1. The summed E-state index contributed by atoms with van der Waals surface area (Å²) in [6.07, 6.45) is 1.22. The topological polar surface area (TPSA) is 352 Å². The molecule has 0 bridgehead atoms. The van der Waals surface area contributed by atoms with Gasteiger partial charge in [-0.05, 0) is 74.0 Å². The molecule has 1 fully saturated rings. The second-order valence-electron chi connectivity index (χ2n) is 17.3. The number of aromatic hydroxyl groups is 1. The van der Waals surface area contributed by atoms with Gasteiger partial charge in [0, 0.05) is 38.1 Å². The summed E-state index contributed by atoms with van der Waals surface area (Å²) in [5.74, 6) is -6.32. The van der Waals surface area contributed by atoms with E-state index in [1.165, 1.54) is 24.0 Å². The van der Waals surface area contributed by atoms with Crippen molar-refractivity contribution in [3.63, 3.8) is 0 Å². The molecule has 7 atom stereocenters. The third-order valence-electron chi connectivity index (χ3n) is 11.0. The quantitative estimate of drug-likeness (QED) is 0.0192. The zero-order valence-electron chi connectivity index (χ0n) is 39.6. The summed E-state index contributed by atoms with van der Waals surface area (Å²) in [6, 6.07) is 6.72. The Morgan fingerprint density at radius 1 is 0.714 bits per heavy atom. The van der Waals surface area contributed by atoms with Crippen LogP contribution >= 0.6 is 25.3 Å². The van der Waals surface area contributed by atoms with Crippen LogP contribution in [-0.2, 0) is 56.0 Å². The molecule has 384 valence electrons. The van der Waals surface area contributed by atoms with Gasteiger partial charge in [0.25, 0.3) is 0 Å². The number of likely N-dealkylation sites (tertiary alicyclic amines) is 1. The number of hydrogen-bond acceptors (Lipinski definition) is 13. The fourth-order valence-electron chi connectivity index (χ4n) is 7.45. The number of phenols is 1. The molecule has 1 aliphatic heterocycles. The number of thiol groups is 2. The van der Waals surface area contributed by atoms with Crippen molar-refractivity contribution >= 4 is 84.4 Å². The number of carbonyl (C=O) groups excluding carboxylic acids is 9. The third kappa shape index (κ3) is 19.8. The van der Waals surface area contributed by atoms with Gasteiger partial charge in [0.05, 0.1) is 6.54 Å². The van der Waals surface area contributed by atoms with E-state index in [1.807, 2.05) is 13.8 Å². The largest absolute Gasteiger partial charge is 0.508 e. The van der Waals surface area contributed by atoms with Gasteiger partial charge in [-0.3, -0.25) is 48.1 Å². The fourth-order valence-corrected chi connectivity index (χ4v) is 7.90. The molecule has 22 nitrogen and oxygen atoms in total. The highest BCUT2D eigenvalue weighted by Gasteiger charge is 2.39. The van der Waals surface area contributed by atoms with E-state index >= 15 is 0 Å². The Hall–Kier alpha value is -6.56. The normalized spacial score (nSPS) is 15.7. The molecule has 2 aromatic carbocycles. The van der Waals surface area contributed by atoms with Crippen LogP contribution in [0.15, 0.2) is 59.6 Å². The number of benzene rings is 2. The molecule has 2 aromatic rings. The van der Waals surface area contributed by atoms with Crippen LogP contribution < -0.4 is 54.4 Å². The first-order chi connectivity index (χ1) is 33.2. The molecule has 9 amide bonds. The number of hydrogen-bond donors (Lipinski definition) is 13. The molecule has 3 rings (SSSR count). The van der Waals surface area contributed by atoms with Gasteiger partial charge in [0.2, 0.25) is 53.2 Å². The number of guanidine groups is 1. The number of nitrogens with one attached hydrogen (secondary N) is 7. The maximum absolute atomic E-state index is 14.0. The van der Waals surface area contributed by atoms with Crippen LogP contribution in [0.1, 0.15) is 70.4 Å². The van der Waals surface area contributed by atoms with Crippen molar-refractivity contribution in [1.82, 2.24) is 42.1 Å². The summed E-state index contributed by atoms with van der Waals surface area (Å²) in [6.45, 7) is 4.88. The molecule has 0 aromatic heterocycles. The summed E-state index contributed by atoms with van der Waals surface area (Å²) in [4.78, 5) is 125. The Balaban J connectivity index is 1.75. The maximum Gasteiger partial charge on any atom is 0.246 e. The smallest absolute Gasteiger partial charge is 0.246 e. The Kier molecular flexibility index (Phi) is 24.3.